The number of likely N-dealkylation sites (N-methyl/N-ethyl adjacent to an activating group) is 1. The van der Waals surface area contributed by atoms with Crippen molar-refractivity contribution in [3.8, 4) is 0 Å². The number of amides is 1. The van der Waals surface area contributed by atoms with Gasteiger partial charge in [-0.3, -0.25) is 25.1 Å². The fourth-order valence-corrected chi connectivity index (χ4v) is 7.94. The van der Waals surface area contributed by atoms with Gasteiger partial charge in [0.1, 0.15) is 5.60 Å². The molecule has 4 heterocycles. The van der Waals surface area contributed by atoms with E-state index in [2.05, 4.69) is 53.1 Å². The summed E-state index contributed by atoms with van der Waals surface area (Å²) < 4.78 is 13.1. The largest absolute Gasteiger partial charge is 0.359 e. The molecule has 1 aromatic rings. The summed E-state index contributed by atoms with van der Waals surface area (Å²) >= 11 is 0. The summed E-state index contributed by atoms with van der Waals surface area (Å²) in [4.78, 5) is 33.5. The third-order valence-electron chi connectivity index (χ3n) is 10.2. The van der Waals surface area contributed by atoms with E-state index in [4.69, 9.17) is 15.2 Å². The fourth-order valence-electron chi connectivity index (χ4n) is 7.94. The highest BCUT2D eigenvalue weighted by atomic mass is 16.5. The van der Waals surface area contributed by atoms with Crippen molar-refractivity contribution in [1.29, 1.82) is 0 Å². The predicted molar refractivity (Wildman–Crippen MR) is 156 cm³/mol. The first-order valence-electron chi connectivity index (χ1n) is 15.3. The minimum atomic E-state index is -0.838. The summed E-state index contributed by atoms with van der Waals surface area (Å²) in [6.45, 7) is 9.67. The number of Topliss-reactive ketones (excluding diaryl/α,β-unsaturated/α-hetero) is 1. The number of likely N-dealkylation sites (tertiary alicyclic amines) is 1. The molecule has 1 spiro atoms. The summed E-state index contributed by atoms with van der Waals surface area (Å²) in [5, 5.41) is 7.29. The quantitative estimate of drug-likeness (QED) is 0.434. The van der Waals surface area contributed by atoms with Crippen molar-refractivity contribution in [2.45, 2.75) is 81.4 Å². The molecule has 10 nitrogen and oxygen atoms in total. The number of piperazine rings is 1. The Bertz CT molecular complexity index is 1150. The average Bonchev–Trinajstić information content (AvgIpc) is 3.41. The van der Waals surface area contributed by atoms with Crippen molar-refractivity contribution >= 4 is 11.7 Å². The number of nitrogens with two attached hydrogens (primary N) is 1. The van der Waals surface area contributed by atoms with E-state index < -0.39 is 18.0 Å². The van der Waals surface area contributed by atoms with Crippen molar-refractivity contribution in [2.24, 2.45) is 11.7 Å². The number of fused-ring (bicyclic) bond motifs is 2. The Hall–Kier alpha value is -2.18. The van der Waals surface area contributed by atoms with Crippen molar-refractivity contribution < 1.29 is 19.1 Å². The molecule has 5 aliphatic rings. The van der Waals surface area contributed by atoms with Crippen LogP contribution in [0.1, 0.15) is 49.8 Å². The number of carbonyl (C=O) groups is 2. The van der Waals surface area contributed by atoms with Gasteiger partial charge in [-0.15, -0.1) is 0 Å². The Labute approximate surface area is 243 Å². The molecule has 0 aromatic heterocycles. The third-order valence-corrected chi connectivity index (χ3v) is 10.2. The maximum Gasteiger partial charge on any atom is 0.246 e. The van der Waals surface area contributed by atoms with Gasteiger partial charge in [0.15, 0.2) is 12.1 Å². The third kappa shape index (κ3) is 5.40. The van der Waals surface area contributed by atoms with E-state index in [1.165, 1.54) is 23.6 Å². The van der Waals surface area contributed by atoms with Gasteiger partial charge >= 0.3 is 0 Å². The normalized spacial score (nSPS) is 38.1. The predicted octanol–water partition coefficient (Wildman–Crippen LogP) is 0.978. The highest BCUT2D eigenvalue weighted by molar-refractivity contribution is 5.94. The van der Waals surface area contributed by atoms with E-state index in [1.54, 1.807) is 0 Å². The first-order valence-corrected chi connectivity index (χ1v) is 15.3. The van der Waals surface area contributed by atoms with Crippen LogP contribution in [0.3, 0.4) is 0 Å². The zero-order valence-electron chi connectivity index (χ0n) is 24.5. The highest BCUT2D eigenvalue weighted by Gasteiger charge is 2.57. The number of hydrogen-bond donors (Lipinski definition) is 3. The summed E-state index contributed by atoms with van der Waals surface area (Å²) in [6.07, 6.45) is 5.09. The standard InChI is InChI=1S/C31H46N6O4/c1-4-26(38)37-15-14-36(18-23(37)17-32)29-25-11-12-31(16-21-8-5-6-10-24(21)20(2)41-31)28(39)27(25)33-30(34-29)40-19-22-9-7-13-35(22)3/h4-6,8,10,20,22-23,25,27,29-30,33-34H,1,7,9,11-19,32H2,2-3H3/t20?,22?,23?,25?,27?,29?,30?,31-/m1/s1. The van der Waals surface area contributed by atoms with E-state index in [0.29, 0.717) is 51.7 Å². The monoisotopic (exact) mass is 566 g/mol. The van der Waals surface area contributed by atoms with Crippen LogP contribution in [-0.2, 0) is 25.5 Å². The molecule has 4 fully saturated rings. The van der Waals surface area contributed by atoms with Gasteiger partial charge in [0.05, 0.1) is 31.0 Å². The Kier molecular flexibility index (Phi) is 8.35. The van der Waals surface area contributed by atoms with Gasteiger partial charge in [-0.2, -0.15) is 0 Å². The number of nitrogens with one attached hydrogen (secondary N) is 2. The lowest BCUT2D eigenvalue weighted by molar-refractivity contribution is -0.180. The van der Waals surface area contributed by atoms with Gasteiger partial charge in [0.2, 0.25) is 5.91 Å². The molecule has 1 saturated carbocycles. The maximum atomic E-state index is 14.5. The van der Waals surface area contributed by atoms with Crippen LogP contribution in [0.4, 0.5) is 0 Å². The lowest BCUT2D eigenvalue weighted by Crippen LogP contribution is -2.76. The molecule has 0 bridgehead atoms. The minimum Gasteiger partial charge on any atom is -0.359 e. The first kappa shape index (κ1) is 28.9. The van der Waals surface area contributed by atoms with Crippen LogP contribution in [-0.4, -0.2) is 109 Å². The minimum absolute atomic E-state index is 0.0401. The zero-order valence-corrected chi connectivity index (χ0v) is 24.5. The van der Waals surface area contributed by atoms with E-state index in [0.717, 1.165) is 19.4 Å². The van der Waals surface area contributed by atoms with Crippen molar-refractivity contribution in [1.82, 2.24) is 25.3 Å². The smallest absolute Gasteiger partial charge is 0.246 e. The number of benzene rings is 1. The van der Waals surface area contributed by atoms with Crippen LogP contribution in [0.5, 0.6) is 0 Å². The molecule has 8 atom stereocenters. The molecule has 224 valence electrons. The molecule has 1 aliphatic carbocycles. The fraction of sp³-hybridized carbons (Fsp3) is 0.677. The zero-order chi connectivity index (χ0) is 28.7. The van der Waals surface area contributed by atoms with Crippen LogP contribution in [0, 0.1) is 5.92 Å². The molecule has 0 radical (unpaired) electrons. The molecule has 4 aliphatic heterocycles. The summed E-state index contributed by atoms with van der Waals surface area (Å²) in [6, 6.07) is 8.19. The SMILES string of the molecule is C=CC(=O)N1CCN(C2NC(OCC3CCCN3C)NC3C(=O)[C@@]4(CCC32)Cc2ccccc2C(C)O4)CC1CN. The molecule has 10 heteroatoms. The second kappa shape index (κ2) is 11.8. The maximum absolute atomic E-state index is 14.5. The molecule has 6 rings (SSSR count). The lowest BCUT2D eigenvalue weighted by Gasteiger charge is -2.55. The second-order valence-electron chi connectivity index (χ2n) is 12.6. The van der Waals surface area contributed by atoms with Crippen molar-refractivity contribution in [2.75, 3.05) is 46.4 Å². The van der Waals surface area contributed by atoms with Gasteiger partial charge in [-0.1, -0.05) is 30.8 Å². The van der Waals surface area contributed by atoms with Crippen LogP contribution < -0.4 is 16.4 Å². The van der Waals surface area contributed by atoms with Crippen LogP contribution in [0.25, 0.3) is 0 Å². The summed E-state index contributed by atoms with van der Waals surface area (Å²) in [7, 11) is 2.15. The number of hydrogen-bond acceptors (Lipinski definition) is 9. The molecule has 7 unspecified atom stereocenters. The number of carbonyl (C=O) groups excluding carboxylic acids is 2. The van der Waals surface area contributed by atoms with Crippen molar-refractivity contribution in [3.05, 3.63) is 48.0 Å². The topological polar surface area (TPSA) is 112 Å². The van der Waals surface area contributed by atoms with E-state index in [9.17, 15) is 9.59 Å². The van der Waals surface area contributed by atoms with Crippen molar-refractivity contribution in [3.63, 3.8) is 0 Å². The van der Waals surface area contributed by atoms with Gasteiger partial charge in [0, 0.05) is 44.6 Å². The highest BCUT2D eigenvalue weighted by Crippen LogP contribution is 2.45. The van der Waals surface area contributed by atoms with E-state index in [1.807, 2.05) is 17.0 Å². The Balaban J connectivity index is 1.25. The van der Waals surface area contributed by atoms with Crippen LogP contribution >= 0.6 is 0 Å². The number of nitrogens with zero attached hydrogens (tertiary/aromatic N) is 3. The Morgan fingerprint density at radius 1 is 1.22 bits per heavy atom. The molecule has 4 N–H and O–H groups in total. The van der Waals surface area contributed by atoms with E-state index in [-0.39, 0.29) is 35.9 Å². The van der Waals surface area contributed by atoms with Crippen LogP contribution in [0.15, 0.2) is 36.9 Å². The number of ether oxygens (including phenoxy) is 2. The Morgan fingerprint density at radius 2 is 2.05 bits per heavy atom. The van der Waals surface area contributed by atoms with Gasteiger partial charge < -0.3 is 25.0 Å². The van der Waals surface area contributed by atoms with Gasteiger partial charge in [-0.25, -0.2) is 0 Å². The Morgan fingerprint density at radius 3 is 2.80 bits per heavy atom. The molecular weight excluding hydrogens is 520 g/mol. The van der Waals surface area contributed by atoms with Gasteiger partial charge in [0.25, 0.3) is 0 Å². The second-order valence-corrected chi connectivity index (χ2v) is 12.6. The van der Waals surface area contributed by atoms with Gasteiger partial charge in [-0.05, 0) is 63.4 Å². The van der Waals surface area contributed by atoms with Crippen LogP contribution in [0.2, 0.25) is 0 Å². The lowest BCUT2D eigenvalue weighted by atomic mass is 9.68. The number of rotatable bonds is 6. The summed E-state index contributed by atoms with van der Waals surface area (Å²) in [5.41, 5.74) is 7.68. The first-order chi connectivity index (χ1) is 19.8. The molecule has 1 amide bonds. The molecular formula is C31H46N6O4. The average molecular weight is 567 g/mol. The summed E-state index contributed by atoms with van der Waals surface area (Å²) in [5.74, 6) is 0.0825. The molecule has 1 aromatic carbocycles. The molecule has 3 saturated heterocycles. The van der Waals surface area contributed by atoms with E-state index >= 15 is 0 Å². The number of ketones is 1. The molecule has 41 heavy (non-hydrogen) atoms.